The van der Waals surface area contributed by atoms with Crippen molar-refractivity contribution >= 4 is 5.91 Å². The lowest BCUT2D eigenvalue weighted by Gasteiger charge is -2.34. The molecule has 0 radical (unpaired) electrons. The van der Waals surface area contributed by atoms with Gasteiger partial charge in [0.25, 0.3) is 0 Å². The summed E-state index contributed by atoms with van der Waals surface area (Å²) >= 11 is 0. The maximum absolute atomic E-state index is 13.5. The lowest BCUT2D eigenvalue weighted by atomic mass is 9.77. The average molecular weight is 486 g/mol. The zero-order valence-electron chi connectivity index (χ0n) is 35.7. The molecule has 0 N–H and O–H groups in total. The van der Waals surface area contributed by atoms with E-state index in [0.717, 1.165) is 12.1 Å². The molecule has 1 heterocycles. The van der Waals surface area contributed by atoms with Gasteiger partial charge >= 0.3 is 0 Å². The van der Waals surface area contributed by atoms with Gasteiger partial charge in [-0.05, 0) is 79.2 Å². The van der Waals surface area contributed by atoms with E-state index in [4.69, 9.17) is 42.3 Å². The normalized spacial score (nSPS) is 29.3. The molecule has 0 aromatic heterocycles. The smallest absolute Gasteiger partial charge is 0.227 e. The molecular weight excluding hydrogens is 432 g/mol. The molecule has 1 unspecified atom stereocenters. The first-order valence-corrected chi connectivity index (χ1v) is 10.4. The Morgan fingerprint density at radius 1 is 1.03 bits per heavy atom. The van der Waals surface area contributed by atoms with Crippen LogP contribution in [0, 0.1) is 0 Å². The predicted octanol–water partition coefficient (Wildman–Crippen LogP) is 3.31. The van der Waals surface area contributed by atoms with Crippen LogP contribution in [-0.4, -0.2) is 77.0 Å². The molecule has 7 heteroatoms. The number of carbonyl (C=O) groups excluding carboxylic acids is 1. The third-order valence-corrected chi connectivity index (χ3v) is 5.69. The Balaban J connectivity index is 1.68. The molecule has 0 saturated heterocycles. The zero-order valence-corrected chi connectivity index (χ0v) is 18.7. The van der Waals surface area contributed by atoms with Gasteiger partial charge in [-0.15, -0.1) is 0 Å². The van der Waals surface area contributed by atoms with Crippen molar-refractivity contribution < 1.29 is 47.0 Å². The molecule has 1 atom stereocenters. The second-order valence-corrected chi connectivity index (χ2v) is 7.65. The number of benzene rings is 2. The van der Waals surface area contributed by atoms with Crippen LogP contribution in [0.5, 0.6) is 23.0 Å². The van der Waals surface area contributed by atoms with Crippen LogP contribution in [0.15, 0.2) is 24.3 Å². The van der Waals surface area contributed by atoms with Gasteiger partial charge in [0.05, 0.1) is 42.9 Å². The van der Waals surface area contributed by atoms with Crippen LogP contribution >= 0.6 is 0 Å². The fourth-order valence-electron chi connectivity index (χ4n) is 3.88. The van der Waals surface area contributed by atoms with Crippen LogP contribution in [0.3, 0.4) is 0 Å². The van der Waals surface area contributed by atoms with Crippen molar-refractivity contribution in [1.82, 2.24) is 9.80 Å². The maximum Gasteiger partial charge on any atom is 0.227 e. The van der Waals surface area contributed by atoms with E-state index < -0.39 is 89.6 Å². The van der Waals surface area contributed by atoms with Gasteiger partial charge in [0.2, 0.25) is 5.91 Å². The van der Waals surface area contributed by atoms with Gasteiger partial charge in [0.1, 0.15) is 0 Å². The molecule has 184 valence electrons. The van der Waals surface area contributed by atoms with Crippen LogP contribution in [-0.2, 0) is 24.0 Å². The maximum atomic E-state index is 13.5. The summed E-state index contributed by atoms with van der Waals surface area (Å²) in [5.41, 5.74) is 0.112. The molecule has 0 spiro atoms. The first-order valence-electron chi connectivity index (χ1n) is 18.9. The number of hydrogen-bond acceptors (Lipinski definition) is 6. The molecule has 1 aliphatic carbocycles. The van der Waals surface area contributed by atoms with Gasteiger partial charge in [0.15, 0.2) is 23.0 Å². The summed E-state index contributed by atoms with van der Waals surface area (Å²) < 4.78 is 160. The molecule has 0 fully saturated rings. The highest BCUT2D eigenvalue weighted by Gasteiger charge is 2.29. The number of ether oxygens (including phenoxy) is 4. The molecule has 0 saturated carbocycles. The SMILES string of the molecule is [2H]C([2H])([2H])Oc1cc2c(cc1OC([2H])([2H])[2H])C(C([2H])([2H])N(C([2H])([2H])[2H])C([2H])([2H])CCN1C(=O)Cc3cc(OC)c(OC)cc3C([2H])([2H])C1([2H])[2H])C2. The number of methoxy groups -OCH3 is 4. The molecule has 7 nitrogen and oxygen atoms in total. The van der Waals surface area contributed by atoms with E-state index in [1.54, 1.807) is 0 Å². The Kier molecular flexibility index (Phi) is 3.34. The van der Waals surface area contributed by atoms with E-state index in [2.05, 4.69) is 0 Å². The van der Waals surface area contributed by atoms with Gasteiger partial charge in [-0.25, -0.2) is 0 Å². The Hall–Kier alpha value is -2.93. The topological polar surface area (TPSA) is 60.5 Å². The monoisotopic (exact) mass is 485 g/mol. The summed E-state index contributed by atoms with van der Waals surface area (Å²) in [4.78, 5) is 13.9. The zero-order chi connectivity index (χ0) is 38.9. The van der Waals surface area contributed by atoms with Crippen LogP contribution < -0.4 is 18.9 Å². The van der Waals surface area contributed by atoms with Crippen molar-refractivity contribution in [3.8, 4) is 23.0 Å². The van der Waals surface area contributed by atoms with Gasteiger partial charge < -0.3 is 28.7 Å². The number of hydrogen-bond donors (Lipinski definition) is 0. The predicted molar refractivity (Wildman–Crippen MR) is 132 cm³/mol. The second kappa shape index (κ2) is 10.6. The first kappa shape index (κ1) is 10.8. The minimum absolute atomic E-state index is 0.00182. The third kappa shape index (κ3) is 4.94. The van der Waals surface area contributed by atoms with E-state index in [1.807, 2.05) is 0 Å². The highest BCUT2D eigenvalue weighted by Crippen LogP contribution is 2.42. The number of rotatable bonds is 10. The summed E-state index contributed by atoms with van der Waals surface area (Å²) in [5, 5.41) is 0. The van der Waals surface area contributed by atoms with E-state index in [9.17, 15) is 4.79 Å². The third-order valence-electron chi connectivity index (χ3n) is 5.69. The van der Waals surface area contributed by atoms with Crippen molar-refractivity contribution in [3.05, 3.63) is 46.5 Å². The average Bonchev–Trinajstić information content (AvgIpc) is 2.97. The molecule has 2 aromatic carbocycles. The first-order chi connectivity index (χ1) is 23.0. The Bertz CT molecular complexity index is 1660. The lowest BCUT2D eigenvalue weighted by Crippen LogP contribution is -2.36. The summed E-state index contributed by atoms with van der Waals surface area (Å²) in [6.45, 7) is -13.7. The van der Waals surface area contributed by atoms with E-state index in [-0.39, 0.29) is 45.1 Å². The molecule has 1 amide bonds. The number of fused-ring (bicyclic) bond motifs is 2. The van der Waals surface area contributed by atoms with Gasteiger partial charge in [-0.1, -0.05) is 0 Å². The van der Waals surface area contributed by atoms with Crippen molar-refractivity contribution in [2.45, 2.75) is 31.6 Å². The van der Waals surface area contributed by atoms with E-state index >= 15 is 0 Å². The van der Waals surface area contributed by atoms with Crippen molar-refractivity contribution in [2.24, 2.45) is 0 Å². The van der Waals surface area contributed by atoms with Crippen molar-refractivity contribution in [3.63, 3.8) is 0 Å². The highest BCUT2D eigenvalue weighted by molar-refractivity contribution is 5.80. The quantitative estimate of drug-likeness (QED) is 0.515. The Morgan fingerprint density at radius 2 is 1.71 bits per heavy atom. The summed E-state index contributed by atoms with van der Waals surface area (Å²) in [7, 11) is -3.50. The van der Waals surface area contributed by atoms with E-state index in [1.165, 1.54) is 26.4 Å². The van der Waals surface area contributed by atoms with Crippen LogP contribution in [0.25, 0.3) is 0 Å². The van der Waals surface area contributed by atoms with Crippen molar-refractivity contribution in [2.75, 3.05) is 61.3 Å². The molecular formula is C27H36N2O5. The summed E-state index contributed by atoms with van der Waals surface area (Å²) in [5.74, 6) is -3.25. The Labute approximate surface area is 226 Å². The number of nitrogens with zero attached hydrogens (tertiary/aromatic N) is 2. The lowest BCUT2D eigenvalue weighted by molar-refractivity contribution is -0.130. The second-order valence-electron chi connectivity index (χ2n) is 7.65. The van der Waals surface area contributed by atoms with Crippen LogP contribution in [0.4, 0.5) is 0 Å². The minimum Gasteiger partial charge on any atom is -0.493 e. The van der Waals surface area contributed by atoms with Gasteiger partial charge in [-0.3, -0.25) is 4.79 Å². The molecule has 2 aromatic rings. The standard InChI is InChI=1S/C27H36N2O5/c1-28(17-21-11-20-14-25(33-4)26(34-5)16-22(20)21)8-6-9-29-10-7-18-12-23(31-2)24(32-3)13-19(18)15-27(29)30/h12-14,16,21H,6-11,15,17H2,1-5H3/i1D3,4D3,5D3,7D2,8D2,10D2,17D2. The van der Waals surface area contributed by atoms with Crippen molar-refractivity contribution in [1.29, 1.82) is 0 Å². The number of amides is 1. The fourth-order valence-corrected chi connectivity index (χ4v) is 3.88. The minimum atomic E-state index is -3.48. The van der Waals surface area contributed by atoms with Gasteiger partial charge in [0, 0.05) is 40.5 Å². The van der Waals surface area contributed by atoms with Gasteiger partial charge in [-0.2, -0.15) is 0 Å². The Morgan fingerprint density at radius 3 is 2.41 bits per heavy atom. The van der Waals surface area contributed by atoms with E-state index in [0.29, 0.717) is 4.90 Å². The molecule has 4 rings (SSSR count). The number of carbonyl (C=O) groups is 1. The van der Waals surface area contributed by atoms with Crippen LogP contribution in [0.2, 0.25) is 0 Å². The largest absolute Gasteiger partial charge is 0.493 e. The summed E-state index contributed by atoms with van der Waals surface area (Å²) in [6, 6.07) is 4.65. The highest BCUT2D eigenvalue weighted by atomic mass is 16.5. The molecule has 1 aliphatic heterocycles. The number of likely N-dealkylation sites (N-methyl/N-ethyl adjacent to an activating group) is 1. The van der Waals surface area contributed by atoms with Crippen LogP contribution in [0.1, 0.15) is 57.9 Å². The number of aryl methyl sites for hydroxylation is 1. The summed E-state index contributed by atoms with van der Waals surface area (Å²) in [6.07, 6.45) is -4.68. The molecule has 2 aliphatic rings. The fraction of sp³-hybridized carbons (Fsp3) is 0.519. The molecule has 34 heavy (non-hydrogen) atoms. The molecule has 0 bridgehead atoms.